The van der Waals surface area contributed by atoms with Crippen molar-refractivity contribution in [1.82, 2.24) is 10.2 Å². The van der Waals surface area contributed by atoms with Crippen LogP contribution in [0.25, 0.3) is 0 Å². The maximum absolute atomic E-state index is 11.8. The molecular formula is C10H9N3O3S3. The number of nitrogens with one attached hydrogen (secondary N) is 1. The van der Waals surface area contributed by atoms with E-state index in [4.69, 9.17) is 0 Å². The number of hydrogen-bond donors (Lipinski definition) is 1. The minimum absolute atomic E-state index is 0.171. The van der Waals surface area contributed by atoms with Crippen LogP contribution < -0.4 is 5.32 Å². The van der Waals surface area contributed by atoms with Crippen molar-refractivity contribution < 1.29 is 14.3 Å². The van der Waals surface area contributed by atoms with Crippen molar-refractivity contribution in [2.45, 2.75) is 4.34 Å². The first-order valence-electron chi connectivity index (χ1n) is 5.07. The van der Waals surface area contributed by atoms with E-state index in [1.54, 1.807) is 12.1 Å². The van der Waals surface area contributed by atoms with E-state index in [-0.39, 0.29) is 17.6 Å². The van der Waals surface area contributed by atoms with Gasteiger partial charge in [-0.3, -0.25) is 14.9 Å². The van der Waals surface area contributed by atoms with E-state index in [0.717, 1.165) is 0 Å². The van der Waals surface area contributed by atoms with Crippen LogP contribution in [-0.2, 0) is 9.53 Å². The SMILES string of the molecule is COC(=O)CSc1nnc(NC(=O)c2cccs2)s1. The third kappa shape index (κ3) is 4.01. The second kappa shape index (κ2) is 6.64. The van der Waals surface area contributed by atoms with Crippen LogP contribution in [0.5, 0.6) is 0 Å². The molecule has 2 rings (SSSR count). The van der Waals surface area contributed by atoms with Gasteiger partial charge in [0.25, 0.3) is 5.91 Å². The predicted molar refractivity (Wildman–Crippen MR) is 74.9 cm³/mol. The van der Waals surface area contributed by atoms with Gasteiger partial charge in [0.15, 0.2) is 4.34 Å². The maximum atomic E-state index is 11.8. The molecule has 0 saturated heterocycles. The Balaban J connectivity index is 1.90. The van der Waals surface area contributed by atoms with Gasteiger partial charge in [0.05, 0.1) is 17.7 Å². The minimum atomic E-state index is -0.329. The van der Waals surface area contributed by atoms with Crippen LogP contribution in [0.15, 0.2) is 21.9 Å². The first kappa shape index (κ1) is 14.0. The average Bonchev–Trinajstić information content (AvgIpc) is 3.07. The third-order valence-corrected chi connectivity index (χ3v) is 4.73. The Morgan fingerprint density at radius 3 is 3.00 bits per heavy atom. The predicted octanol–water partition coefficient (Wildman–Crippen LogP) is 2.12. The van der Waals surface area contributed by atoms with E-state index in [1.807, 2.05) is 5.38 Å². The van der Waals surface area contributed by atoms with E-state index in [1.165, 1.54) is 41.5 Å². The van der Waals surface area contributed by atoms with E-state index < -0.39 is 0 Å². The van der Waals surface area contributed by atoms with Crippen molar-refractivity contribution in [3.8, 4) is 0 Å². The number of hydrogen-bond acceptors (Lipinski definition) is 8. The number of aromatic nitrogens is 2. The summed E-state index contributed by atoms with van der Waals surface area (Å²) in [7, 11) is 1.33. The topological polar surface area (TPSA) is 81.2 Å². The highest BCUT2D eigenvalue weighted by Gasteiger charge is 2.12. The van der Waals surface area contributed by atoms with Gasteiger partial charge in [-0.15, -0.1) is 21.5 Å². The summed E-state index contributed by atoms with van der Waals surface area (Å²) < 4.78 is 5.12. The maximum Gasteiger partial charge on any atom is 0.316 e. The molecule has 6 nitrogen and oxygen atoms in total. The van der Waals surface area contributed by atoms with Gasteiger partial charge in [-0.2, -0.15) is 0 Å². The van der Waals surface area contributed by atoms with Gasteiger partial charge in [-0.1, -0.05) is 29.2 Å². The standard InChI is InChI=1S/C10H9N3O3S3/c1-16-7(14)5-18-10-13-12-9(19-10)11-8(15)6-3-2-4-17-6/h2-4H,5H2,1H3,(H,11,12,15). The Hall–Kier alpha value is -1.45. The lowest BCUT2D eigenvalue weighted by molar-refractivity contribution is -0.137. The second-order valence-electron chi connectivity index (χ2n) is 3.17. The van der Waals surface area contributed by atoms with Gasteiger partial charge >= 0.3 is 5.97 Å². The zero-order valence-corrected chi connectivity index (χ0v) is 12.2. The fourth-order valence-corrected chi connectivity index (χ4v) is 3.26. The normalized spacial score (nSPS) is 10.2. The summed E-state index contributed by atoms with van der Waals surface area (Å²) in [6.45, 7) is 0. The van der Waals surface area contributed by atoms with Crippen molar-refractivity contribution in [1.29, 1.82) is 0 Å². The van der Waals surface area contributed by atoms with Gasteiger partial charge in [-0.05, 0) is 11.4 Å². The molecule has 19 heavy (non-hydrogen) atoms. The van der Waals surface area contributed by atoms with E-state index in [0.29, 0.717) is 14.3 Å². The van der Waals surface area contributed by atoms with Crippen molar-refractivity contribution in [3.63, 3.8) is 0 Å². The summed E-state index contributed by atoms with van der Waals surface area (Å²) in [5, 5.41) is 12.6. The number of ether oxygens (including phenoxy) is 1. The summed E-state index contributed by atoms with van der Waals surface area (Å²) in [5.74, 6) is -0.371. The molecule has 2 heterocycles. The molecule has 0 aliphatic rings. The lowest BCUT2D eigenvalue weighted by atomic mass is 10.4. The molecule has 9 heteroatoms. The lowest BCUT2D eigenvalue weighted by Crippen LogP contribution is -2.09. The molecule has 0 aromatic carbocycles. The number of carbonyl (C=O) groups excluding carboxylic acids is 2. The minimum Gasteiger partial charge on any atom is -0.468 e. The largest absolute Gasteiger partial charge is 0.468 e. The van der Waals surface area contributed by atoms with Crippen molar-refractivity contribution in [2.75, 3.05) is 18.2 Å². The summed E-state index contributed by atoms with van der Waals surface area (Å²) in [6.07, 6.45) is 0. The monoisotopic (exact) mass is 315 g/mol. The van der Waals surface area contributed by atoms with Gasteiger partial charge < -0.3 is 4.74 Å². The van der Waals surface area contributed by atoms with Gasteiger partial charge in [-0.25, -0.2) is 0 Å². The van der Waals surface area contributed by atoms with Crippen LogP contribution >= 0.6 is 34.4 Å². The quantitative estimate of drug-likeness (QED) is 0.517. The van der Waals surface area contributed by atoms with Gasteiger partial charge in [0.1, 0.15) is 0 Å². The number of anilines is 1. The molecule has 2 aromatic heterocycles. The summed E-state index contributed by atoms with van der Waals surface area (Å²) in [5.41, 5.74) is 0. The number of methoxy groups -OCH3 is 1. The first-order valence-corrected chi connectivity index (χ1v) is 7.75. The smallest absolute Gasteiger partial charge is 0.316 e. The highest BCUT2D eigenvalue weighted by molar-refractivity contribution is 8.01. The Labute approximate surface area is 121 Å². The molecule has 0 unspecified atom stereocenters. The first-order chi connectivity index (χ1) is 9.19. The van der Waals surface area contributed by atoms with Crippen LogP contribution in [0.4, 0.5) is 5.13 Å². The lowest BCUT2D eigenvalue weighted by Gasteiger charge is -1.96. The molecule has 1 amide bonds. The molecule has 0 bridgehead atoms. The number of rotatable bonds is 5. The van der Waals surface area contributed by atoms with Crippen LogP contribution in [0.2, 0.25) is 0 Å². The average molecular weight is 315 g/mol. The van der Waals surface area contributed by atoms with Crippen LogP contribution in [0, 0.1) is 0 Å². The molecule has 1 N–H and O–H groups in total. The molecule has 0 spiro atoms. The highest BCUT2D eigenvalue weighted by atomic mass is 32.2. The van der Waals surface area contributed by atoms with E-state index >= 15 is 0 Å². The van der Waals surface area contributed by atoms with Crippen molar-refractivity contribution >= 4 is 51.4 Å². The summed E-state index contributed by atoms with van der Waals surface area (Å²) >= 11 is 3.79. The molecule has 0 aliphatic carbocycles. The van der Waals surface area contributed by atoms with Crippen LogP contribution in [-0.4, -0.2) is 34.9 Å². The fraction of sp³-hybridized carbons (Fsp3) is 0.200. The molecular weight excluding hydrogens is 306 g/mol. The number of amides is 1. The number of nitrogens with zero attached hydrogens (tertiary/aromatic N) is 2. The Morgan fingerprint density at radius 2 is 2.32 bits per heavy atom. The van der Waals surface area contributed by atoms with Gasteiger partial charge in [0.2, 0.25) is 5.13 Å². The van der Waals surface area contributed by atoms with E-state index in [9.17, 15) is 9.59 Å². The van der Waals surface area contributed by atoms with Gasteiger partial charge in [0, 0.05) is 0 Å². The summed E-state index contributed by atoms with van der Waals surface area (Å²) in [6, 6.07) is 3.53. The van der Waals surface area contributed by atoms with Crippen molar-refractivity contribution in [2.24, 2.45) is 0 Å². The second-order valence-corrected chi connectivity index (χ2v) is 6.32. The number of thioether (sulfide) groups is 1. The molecule has 100 valence electrons. The summed E-state index contributed by atoms with van der Waals surface area (Å²) in [4.78, 5) is 23.3. The Bertz CT molecular complexity index is 568. The number of thiophene rings is 1. The van der Waals surface area contributed by atoms with E-state index in [2.05, 4.69) is 20.3 Å². The zero-order valence-electron chi connectivity index (χ0n) is 9.78. The molecule has 0 atom stereocenters. The molecule has 0 saturated carbocycles. The number of carbonyl (C=O) groups is 2. The third-order valence-electron chi connectivity index (χ3n) is 1.91. The number of esters is 1. The Kier molecular flexibility index (Phi) is 4.88. The molecule has 0 fully saturated rings. The highest BCUT2D eigenvalue weighted by Crippen LogP contribution is 2.26. The molecule has 2 aromatic rings. The van der Waals surface area contributed by atoms with Crippen molar-refractivity contribution in [3.05, 3.63) is 22.4 Å². The molecule has 0 radical (unpaired) electrons. The Morgan fingerprint density at radius 1 is 1.47 bits per heavy atom. The molecule has 0 aliphatic heterocycles. The van der Waals surface area contributed by atoms with Crippen LogP contribution in [0.1, 0.15) is 9.67 Å². The van der Waals surface area contributed by atoms with Crippen LogP contribution in [0.3, 0.4) is 0 Å². The fourth-order valence-electron chi connectivity index (χ4n) is 1.06. The zero-order chi connectivity index (χ0) is 13.7.